The molecule has 7 atom stereocenters. The van der Waals surface area contributed by atoms with E-state index in [1.807, 2.05) is 60.7 Å². The Balaban J connectivity index is 1.18. The molecule has 2 aliphatic rings. The number of rotatable bonds is 13. The van der Waals surface area contributed by atoms with E-state index in [0.29, 0.717) is 0 Å². The fourth-order valence-electron chi connectivity index (χ4n) is 6.32. The van der Waals surface area contributed by atoms with E-state index < -0.39 is 62.5 Å². The highest BCUT2D eigenvalue weighted by molar-refractivity contribution is 7.51. The molecule has 0 radical (unpaired) electrons. The van der Waals surface area contributed by atoms with E-state index in [4.69, 9.17) is 30.0 Å². The number of nitrogen functional groups attached to an aromatic ring is 2. The summed E-state index contributed by atoms with van der Waals surface area (Å²) in [5, 5.41) is 21.4. The van der Waals surface area contributed by atoms with Gasteiger partial charge in [-0.25, -0.2) is 14.3 Å². The first kappa shape index (κ1) is 35.6. The number of hydrogen-bond donors (Lipinski definition) is 5. The number of aliphatic hydroxyl groups excluding tert-OH is 2. The lowest BCUT2D eigenvalue weighted by atomic mass is 10.2. The standard InChI is InChI=1S/C33H38N9O9P/c34-26-11-12-41(33(46)37-26)28-14-23(24(17-43)49-28)51-52(47,40(15-20-7-3-1-4-8-20)16-21-9-5-2-6-10-21)48-18-25-22(44)13-27(50-25)42-19-36-29-30(42)38-32(35)39-31(29)45/h1-12,19,22-25,27-28,43-44H,13-18H2,(H2,34,37,46)(H3,35,38,39,45)/t22-,23-,24+,25+,27+,28+,52?/m0/s1. The van der Waals surface area contributed by atoms with Gasteiger partial charge in [0.1, 0.15) is 36.6 Å². The van der Waals surface area contributed by atoms with Crippen LogP contribution in [0.15, 0.2) is 88.8 Å². The Bertz CT molecular complexity index is 2130. The molecule has 7 N–H and O–H groups in total. The third-order valence-corrected chi connectivity index (χ3v) is 10.9. The van der Waals surface area contributed by atoms with Crippen molar-refractivity contribution < 1.29 is 33.3 Å². The van der Waals surface area contributed by atoms with Gasteiger partial charge in [0.05, 0.1) is 25.6 Å². The molecule has 3 aromatic heterocycles. The Kier molecular flexibility index (Phi) is 10.3. The second-order valence-corrected chi connectivity index (χ2v) is 14.5. The Morgan fingerprint density at radius 2 is 1.58 bits per heavy atom. The summed E-state index contributed by atoms with van der Waals surface area (Å²) < 4.78 is 44.4. The smallest absolute Gasteiger partial charge is 0.394 e. The van der Waals surface area contributed by atoms with Crippen molar-refractivity contribution in [2.24, 2.45) is 0 Å². The number of nitrogens with one attached hydrogen (secondary N) is 1. The van der Waals surface area contributed by atoms with E-state index in [-0.39, 0.29) is 55.5 Å². The van der Waals surface area contributed by atoms with Crippen molar-refractivity contribution in [2.45, 2.75) is 62.8 Å². The average molecular weight is 736 g/mol. The number of imidazole rings is 1. The summed E-state index contributed by atoms with van der Waals surface area (Å²) in [6.45, 7) is -0.620. The van der Waals surface area contributed by atoms with E-state index >= 15 is 4.57 Å². The highest BCUT2D eigenvalue weighted by atomic mass is 31.2. The van der Waals surface area contributed by atoms with Crippen LogP contribution in [0, 0.1) is 0 Å². The number of H-pyrrole nitrogens is 1. The molecule has 5 heterocycles. The van der Waals surface area contributed by atoms with Gasteiger partial charge in [-0.05, 0) is 17.2 Å². The van der Waals surface area contributed by atoms with E-state index in [9.17, 15) is 19.8 Å². The van der Waals surface area contributed by atoms with Crippen molar-refractivity contribution in [2.75, 3.05) is 24.7 Å². The molecule has 2 aromatic carbocycles. The van der Waals surface area contributed by atoms with Gasteiger partial charge >= 0.3 is 13.4 Å². The maximum atomic E-state index is 15.4. The predicted molar refractivity (Wildman–Crippen MR) is 186 cm³/mol. The summed E-state index contributed by atoms with van der Waals surface area (Å²) in [6.07, 6.45) is -2.89. The van der Waals surface area contributed by atoms with Gasteiger partial charge in [0.2, 0.25) is 5.95 Å². The first-order valence-corrected chi connectivity index (χ1v) is 18.0. The van der Waals surface area contributed by atoms with Crippen LogP contribution in [0.25, 0.3) is 11.2 Å². The lowest BCUT2D eigenvalue weighted by Gasteiger charge is -2.33. The molecular weight excluding hydrogens is 697 g/mol. The minimum Gasteiger partial charge on any atom is -0.394 e. The number of ether oxygens (including phenoxy) is 2. The summed E-state index contributed by atoms with van der Waals surface area (Å²) >= 11 is 0. The van der Waals surface area contributed by atoms with Crippen LogP contribution >= 0.6 is 7.75 Å². The molecule has 2 fully saturated rings. The molecule has 0 saturated carbocycles. The van der Waals surface area contributed by atoms with Crippen LogP contribution in [-0.4, -0.2) is 81.6 Å². The van der Waals surface area contributed by atoms with Crippen LogP contribution < -0.4 is 22.7 Å². The predicted octanol–water partition coefficient (Wildman–Crippen LogP) is 1.68. The van der Waals surface area contributed by atoms with Gasteiger partial charge in [-0.2, -0.15) is 14.6 Å². The van der Waals surface area contributed by atoms with Gasteiger partial charge in [0.25, 0.3) is 5.56 Å². The minimum atomic E-state index is -4.37. The summed E-state index contributed by atoms with van der Waals surface area (Å²) in [5.74, 6) is -0.0699. The lowest BCUT2D eigenvalue weighted by molar-refractivity contribution is -0.0552. The summed E-state index contributed by atoms with van der Waals surface area (Å²) in [7, 11) is -4.37. The number of aromatic nitrogens is 6. The van der Waals surface area contributed by atoms with Crippen molar-refractivity contribution >= 4 is 30.7 Å². The van der Waals surface area contributed by atoms with E-state index in [2.05, 4.69) is 19.9 Å². The van der Waals surface area contributed by atoms with E-state index in [1.165, 1.54) is 27.7 Å². The van der Waals surface area contributed by atoms with Crippen LogP contribution in [0.2, 0.25) is 0 Å². The molecule has 52 heavy (non-hydrogen) atoms. The minimum absolute atomic E-state index is 0.0161. The third kappa shape index (κ3) is 7.55. The first-order chi connectivity index (χ1) is 25.1. The summed E-state index contributed by atoms with van der Waals surface area (Å²) in [5.41, 5.74) is 12.1. The second kappa shape index (κ2) is 15.1. The van der Waals surface area contributed by atoms with Gasteiger partial charge in [-0.3, -0.25) is 28.0 Å². The van der Waals surface area contributed by atoms with Crippen molar-refractivity contribution in [1.82, 2.24) is 33.7 Å². The molecule has 7 rings (SSSR count). The molecule has 19 heteroatoms. The normalized spacial score (nSPS) is 24.4. The average Bonchev–Trinajstić information content (AvgIpc) is 3.84. The number of hydrogen-bond acceptors (Lipinski definition) is 14. The fourth-order valence-corrected chi connectivity index (χ4v) is 8.25. The molecule has 2 aliphatic heterocycles. The quantitative estimate of drug-likeness (QED) is 0.108. The Labute approximate surface area is 296 Å². The maximum Gasteiger partial charge on any atom is 0.409 e. The van der Waals surface area contributed by atoms with Crippen molar-refractivity contribution in [3.05, 3.63) is 111 Å². The number of benzene rings is 2. The number of aliphatic hydroxyl groups is 2. The molecule has 0 amide bonds. The Hall–Kier alpha value is -4.78. The van der Waals surface area contributed by atoms with Crippen molar-refractivity contribution in [1.29, 1.82) is 0 Å². The molecular formula is C33H38N9O9P. The lowest BCUT2D eigenvalue weighted by Crippen LogP contribution is -2.33. The number of nitrogens with zero attached hydrogens (tertiary/aromatic N) is 6. The molecule has 5 aromatic rings. The van der Waals surface area contributed by atoms with Gasteiger partial charge in [0.15, 0.2) is 11.2 Å². The van der Waals surface area contributed by atoms with Gasteiger partial charge in [-0.15, -0.1) is 0 Å². The number of nitrogens with two attached hydrogens (primary N) is 2. The highest BCUT2D eigenvalue weighted by Gasteiger charge is 2.46. The Morgan fingerprint density at radius 3 is 2.23 bits per heavy atom. The maximum absolute atomic E-state index is 15.4. The van der Waals surface area contributed by atoms with Crippen molar-refractivity contribution in [3.8, 4) is 0 Å². The number of fused-ring (bicyclic) bond motifs is 1. The molecule has 0 spiro atoms. The molecule has 18 nitrogen and oxygen atoms in total. The molecule has 2 saturated heterocycles. The van der Waals surface area contributed by atoms with Gasteiger partial charge in [-0.1, -0.05) is 60.7 Å². The zero-order valence-corrected chi connectivity index (χ0v) is 28.6. The molecule has 1 unspecified atom stereocenters. The fraction of sp³-hybridized carbons (Fsp3) is 0.364. The Morgan fingerprint density at radius 1 is 0.923 bits per heavy atom. The van der Waals surface area contributed by atoms with Crippen LogP contribution in [0.3, 0.4) is 0 Å². The van der Waals surface area contributed by atoms with Crippen LogP contribution in [0.4, 0.5) is 11.8 Å². The highest BCUT2D eigenvalue weighted by Crippen LogP contribution is 2.57. The largest absolute Gasteiger partial charge is 0.409 e. The summed E-state index contributed by atoms with van der Waals surface area (Å²) in [4.78, 5) is 39.5. The van der Waals surface area contributed by atoms with E-state index in [0.717, 1.165) is 11.1 Å². The molecule has 0 bridgehead atoms. The van der Waals surface area contributed by atoms with Crippen LogP contribution in [-0.2, 0) is 36.2 Å². The summed E-state index contributed by atoms with van der Waals surface area (Å²) in [6, 6.07) is 20.1. The number of anilines is 2. The zero-order valence-electron chi connectivity index (χ0n) is 27.7. The third-order valence-electron chi connectivity index (χ3n) is 8.92. The monoisotopic (exact) mass is 735 g/mol. The molecule has 274 valence electrons. The van der Waals surface area contributed by atoms with Gasteiger partial charge in [0, 0.05) is 32.1 Å². The topological polar surface area (TPSA) is 248 Å². The zero-order chi connectivity index (χ0) is 36.4. The number of aromatic amines is 1. The van der Waals surface area contributed by atoms with Gasteiger partial charge < -0.3 is 31.2 Å². The SMILES string of the molecule is Nc1ccn([C@H]2C[C@H](OP(=O)(OC[C@H]3O[C@@H](n4cnc5c(=O)[nH]c(N)nc54)C[C@@H]3O)N(Cc3ccccc3)Cc3ccccc3)[C@@H](CO)O2)c(=O)n1. The van der Waals surface area contributed by atoms with Crippen molar-refractivity contribution in [3.63, 3.8) is 0 Å². The van der Waals surface area contributed by atoms with E-state index in [1.54, 1.807) is 4.67 Å². The first-order valence-electron chi connectivity index (χ1n) is 16.5. The second-order valence-electron chi connectivity index (χ2n) is 12.5. The van der Waals surface area contributed by atoms with Crippen LogP contribution in [0.5, 0.6) is 0 Å². The molecule has 0 aliphatic carbocycles. The van der Waals surface area contributed by atoms with Crippen LogP contribution in [0.1, 0.15) is 36.4 Å².